The average molecular weight is 335 g/mol. The van der Waals surface area contributed by atoms with E-state index in [0.29, 0.717) is 16.9 Å². The van der Waals surface area contributed by atoms with Crippen LogP contribution >= 0.6 is 15.9 Å². The maximum atomic E-state index is 13.9. The molecule has 0 saturated heterocycles. The zero-order valence-corrected chi connectivity index (χ0v) is 12.4. The number of ether oxygens (including phenoxy) is 1. The van der Waals surface area contributed by atoms with Gasteiger partial charge in [-0.15, -0.1) is 0 Å². The summed E-state index contributed by atoms with van der Waals surface area (Å²) in [6, 6.07) is 10.1. The summed E-state index contributed by atoms with van der Waals surface area (Å²) in [5.74, 6) is 0.150. The maximum absolute atomic E-state index is 13.9. The van der Waals surface area contributed by atoms with Crippen LogP contribution in [0, 0.1) is 12.7 Å². The number of hydrogen-bond donors (Lipinski definition) is 0. The molecule has 102 valence electrons. The smallest absolute Gasteiger partial charge is 0.170 e. The Morgan fingerprint density at radius 2 is 2.05 bits per heavy atom. The third-order valence-corrected chi connectivity index (χ3v) is 3.87. The van der Waals surface area contributed by atoms with Gasteiger partial charge in [-0.05, 0) is 37.3 Å². The minimum atomic E-state index is -0.574. The van der Waals surface area contributed by atoms with E-state index < -0.39 is 6.10 Å². The van der Waals surface area contributed by atoms with Gasteiger partial charge in [0.15, 0.2) is 5.78 Å². The molecule has 1 unspecified atom stereocenters. The van der Waals surface area contributed by atoms with Crippen LogP contribution in [0.1, 0.15) is 34.0 Å². The third kappa shape index (κ3) is 2.36. The second kappa shape index (κ2) is 5.02. The van der Waals surface area contributed by atoms with Gasteiger partial charge < -0.3 is 4.74 Å². The largest absolute Gasteiger partial charge is 0.484 e. The Kier molecular flexibility index (Phi) is 3.34. The van der Waals surface area contributed by atoms with Crippen molar-refractivity contribution in [3.63, 3.8) is 0 Å². The molecule has 0 radical (unpaired) electrons. The minimum Gasteiger partial charge on any atom is -0.484 e. The number of carbonyl (C=O) groups excluding carboxylic acids is 1. The quantitative estimate of drug-likeness (QED) is 0.761. The molecule has 4 heteroatoms. The van der Waals surface area contributed by atoms with Gasteiger partial charge in [0.1, 0.15) is 17.7 Å². The number of ketones is 1. The fourth-order valence-corrected chi connectivity index (χ4v) is 2.75. The van der Waals surface area contributed by atoms with Crippen LogP contribution in [0.4, 0.5) is 4.39 Å². The van der Waals surface area contributed by atoms with Crippen LogP contribution in [-0.4, -0.2) is 5.78 Å². The topological polar surface area (TPSA) is 26.3 Å². The van der Waals surface area contributed by atoms with Gasteiger partial charge in [-0.25, -0.2) is 4.39 Å². The molecule has 2 aromatic rings. The Balaban J connectivity index is 2.01. The van der Waals surface area contributed by atoms with Gasteiger partial charge in [0, 0.05) is 10.0 Å². The van der Waals surface area contributed by atoms with E-state index in [4.69, 9.17) is 4.74 Å². The molecule has 0 bridgehead atoms. The molecule has 2 nitrogen and oxygen atoms in total. The molecule has 2 aromatic carbocycles. The normalized spacial score (nSPS) is 17.6. The molecule has 1 aliphatic rings. The Labute approximate surface area is 124 Å². The Morgan fingerprint density at radius 3 is 2.85 bits per heavy atom. The van der Waals surface area contributed by atoms with Crippen molar-refractivity contribution >= 4 is 21.7 Å². The number of rotatable bonds is 1. The predicted octanol–water partition coefficient (Wildman–Crippen LogP) is 4.60. The number of fused-ring (bicyclic) bond motifs is 1. The standard InChI is InChI=1S/C16H12BrFO2/c1-9-2-5-15-12(6-9)14(19)8-16(20-15)11-7-10(17)3-4-13(11)18/h2-7,16H,8H2,1H3. The van der Waals surface area contributed by atoms with Crippen molar-refractivity contribution in [2.75, 3.05) is 0 Å². The number of Topliss-reactive ketones (excluding diaryl/α,β-unsaturated/α-hetero) is 1. The molecule has 20 heavy (non-hydrogen) atoms. The average Bonchev–Trinajstić information content (AvgIpc) is 2.42. The van der Waals surface area contributed by atoms with Crippen molar-refractivity contribution in [3.05, 3.63) is 63.4 Å². The van der Waals surface area contributed by atoms with Crippen molar-refractivity contribution in [3.8, 4) is 5.75 Å². The Bertz CT molecular complexity index is 697. The van der Waals surface area contributed by atoms with E-state index in [2.05, 4.69) is 15.9 Å². The van der Waals surface area contributed by atoms with Crippen LogP contribution in [-0.2, 0) is 0 Å². The molecule has 0 aromatic heterocycles. The van der Waals surface area contributed by atoms with Crippen molar-refractivity contribution in [1.82, 2.24) is 0 Å². The SMILES string of the molecule is Cc1ccc2c(c1)C(=O)CC(c1cc(Br)ccc1F)O2. The highest BCUT2D eigenvalue weighted by Gasteiger charge is 2.29. The first-order chi connectivity index (χ1) is 9.54. The number of halogens is 2. The Hall–Kier alpha value is -1.68. The summed E-state index contributed by atoms with van der Waals surface area (Å²) in [5.41, 5.74) is 1.99. The summed E-state index contributed by atoms with van der Waals surface area (Å²) >= 11 is 3.31. The van der Waals surface area contributed by atoms with Crippen molar-refractivity contribution in [2.45, 2.75) is 19.4 Å². The monoisotopic (exact) mass is 334 g/mol. The van der Waals surface area contributed by atoms with E-state index >= 15 is 0 Å². The number of aryl methyl sites for hydroxylation is 1. The lowest BCUT2D eigenvalue weighted by atomic mass is 9.95. The van der Waals surface area contributed by atoms with Gasteiger partial charge in [-0.3, -0.25) is 4.79 Å². The molecule has 0 aliphatic carbocycles. The van der Waals surface area contributed by atoms with Crippen LogP contribution < -0.4 is 4.74 Å². The molecule has 0 amide bonds. The number of carbonyl (C=O) groups is 1. The van der Waals surface area contributed by atoms with Gasteiger partial charge >= 0.3 is 0 Å². The first-order valence-corrected chi connectivity index (χ1v) is 7.09. The van der Waals surface area contributed by atoms with Gasteiger partial charge in [-0.1, -0.05) is 27.6 Å². The fraction of sp³-hybridized carbons (Fsp3) is 0.188. The van der Waals surface area contributed by atoms with E-state index in [1.165, 1.54) is 6.07 Å². The molecular weight excluding hydrogens is 323 g/mol. The number of hydrogen-bond acceptors (Lipinski definition) is 2. The second-order valence-corrected chi connectivity index (χ2v) is 5.81. The van der Waals surface area contributed by atoms with Gasteiger partial charge in [0.2, 0.25) is 0 Å². The fourth-order valence-electron chi connectivity index (χ4n) is 2.37. The van der Waals surface area contributed by atoms with Gasteiger partial charge in [0.05, 0.1) is 12.0 Å². The molecule has 0 N–H and O–H groups in total. The van der Waals surface area contributed by atoms with Crippen LogP contribution in [0.3, 0.4) is 0 Å². The first kappa shape index (κ1) is 13.3. The number of benzene rings is 2. The highest BCUT2D eigenvalue weighted by atomic mass is 79.9. The van der Waals surface area contributed by atoms with Crippen molar-refractivity contribution in [2.24, 2.45) is 0 Å². The van der Waals surface area contributed by atoms with Crippen molar-refractivity contribution < 1.29 is 13.9 Å². The summed E-state index contributed by atoms with van der Waals surface area (Å²) in [6.07, 6.45) is -0.417. The highest BCUT2D eigenvalue weighted by molar-refractivity contribution is 9.10. The van der Waals surface area contributed by atoms with E-state index in [1.54, 1.807) is 18.2 Å². The molecule has 1 heterocycles. The van der Waals surface area contributed by atoms with E-state index in [-0.39, 0.29) is 18.0 Å². The van der Waals surface area contributed by atoms with Crippen LogP contribution in [0.25, 0.3) is 0 Å². The third-order valence-electron chi connectivity index (χ3n) is 3.38. The summed E-state index contributed by atoms with van der Waals surface area (Å²) in [5, 5.41) is 0. The second-order valence-electron chi connectivity index (χ2n) is 4.90. The van der Waals surface area contributed by atoms with E-state index in [9.17, 15) is 9.18 Å². The molecule has 0 saturated carbocycles. The van der Waals surface area contributed by atoms with Gasteiger partial charge in [0.25, 0.3) is 0 Å². The predicted molar refractivity (Wildman–Crippen MR) is 77.6 cm³/mol. The molecular formula is C16H12BrFO2. The van der Waals surface area contributed by atoms with E-state index in [0.717, 1.165) is 10.0 Å². The zero-order valence-electron chi connectivity index (χ0n) is 10.8. The van der Waals surface area contributed by atoms with Crippen molar-refractivity contribution in [1.29, 1.82) is 0 Å². The lowest BCUT2D eigenvalue weighted by molar-refractivity contribution is 0.0845. The Morgan fingerprint density at radius 1 is 1.25 bits per heavy atom. The van der Waals surface area contributed by atoms with Crippen LogP contribution in [0.15, 0.2) is 40.9 Å². The van der Waals surface area contributed by atoms with E-state index in [1.807, 2.05) is 19.1 Å². The molecule has 0 spiro atoms. The summed E-state index contributed by atoms with van der Waals surface area (Å²) in [7, 11) is 0. The summed E-state index contributed by atoms with van der Waals surface area (Å²) in [4.78, 5) is 12.2. The summed E-state index contributed by atoms with van der Waals surface area (Å²) < 4.78 is 20.5. The van der Waals surface area contributed by atoms with Crippen LogP contribution in [0.2, 0.25) is 0 Å². The first-order valence-electron chi connectivity index (χ1n) is 6.30. The highest BCUT2D eigenvalue weighted by Crippen LogP contribution is 2.36. The molecule has 1 aliphatic heterocycles. The molecule has 0 fully saturated rings. The molecule has 1 atom stereocenters. The molecule has 3 rings (SSSR count). The lowest BCUT2D eigenvalue weighted by Crippen LogP contribution is -2.21. The zero-order chi connectivity index (χ0) is 14.3. The van der Waals surface area contributed by atoms with Gasteiger partial charge in [-0.2, -0.15) is 0 Å². The maximum Gasteiger partial charge on any atom is 0.170 e. The minimum absolute atomic E-state index is 0.0145. The van der Waals surface area contributed by atoms with Crippen LogP contribution in [0.5, 0.6) is 5.75 Å². The summed E-state index contributed by atoms with van der Waals surface area (Å²) in [6.45, 7) is 1.92. The lowest BCUT2D eigenvalue weighted by Gasteiger charge is -2.26.